The number of hydrogen-bond acceptors (Lipinski definition) is 8. The maximum atomic E-state index is 12.1. The van der Waals surface area contributed by atoms with Gasteiger partial charge >= 0.3 is 12.1 Å². The molecule has 150 valence electrons. The van der Waals surface area contributed by atoms with Crippen LogP contribution in [0.15, 0.2) is 0 Å². The molecule has 6 unspecified atom stereocenters. The van der Waals surface area contributed by atoms with E-state index in [0.717, 1.165) is 0 Å². The van der Waals surface area contributed by atoms with E-state index in [4.69, 9.17) is 13.7 Å². The Morgan fingerprint density at radius 2 is 2.04 bits per heavy atom. The fraction of sp³-hybridized carbons (Fsp3) is 0.824. The van der Waals surface area contributed by atoms with Crippen molar-refractivity contribution in [3.05, 3.63) is 0 Å². The van der Waals surface area contributed by atoms with Crippen LogP contribution in [0.25, 0.3) is 0 Å². The van der Waals surface area contributed by atoms with Crippen LogP contribution in [0.4, 0.5) is 4.79 Å². The topological polar surface area (TPSA) is 132 Å². The molecule has 1 aliphatic heterocycles. The zero-order valence-corrected chi connectivity index (χ0v) is 16.3. The number of esters is 1. The normalized spacial score (nSPS) is 35.5. The van der Waals surface area contributed by atoms with Crippen LogP contribution in [0.2, 0.25) is 0 Å². The minimum absolute atomic E-state index is 0.00524. The summed E-state index contributed by atoms with van der Waals surface area (Å²) in [5.41, 5.74) is -0.586. The van der Waals surface area contributed by atoms with Gasteiger partial charge in [-0.2, -0.15) is 13.7 Å². The summed E-state index contributed by atoms with van der Waals surface area (Å²) in [6, 6.07) is 2.04. The highest BCUT2D eigenvalue weighted by atomic mass is 32.2. The van der Waals surface area contributed by atoms with Crippen LogP contribution in [-0.4, -0.2) is 51.1 Å². The lowest BCUT2D eigenvalue weighted by molar-refractivity contribution is -0.153. The molecule has 3 rings (SSSR count). The lowest BCUT2D eigenvalue weighted by Crippen LogP contribution is -2.44. The predicted molar refractivity (Wildman–Crippen MR) is 91.6 cm³/mol. The molecule has 6 atom stereocenters. The van der Waals surface area contributed by atoms with Gasteiger partial charge in [-0.15, -0.1) is 0 Å². The fourth-order valence-electron chi connectivity index (χ4n) is 4.12. The van der Waals surface area contributed by atoms with Crippen LogP contribution in [0.1, 0.15) is 33.6 Å². The Balaban J connectivity index is 1.50. The molecule has 1 amide bonds. The summed E-state index contributed by atoms with van der Waals surface area (Å²) in [5.74, 6) is -1.73. The van der Waals surface area contributed by atoms with Crippen LogP contribution < -0.4 is 5.32 Å². The van der Waals surface area contributed by atoms with E-state index in [1.807, 2.05) is 13.0 Å². The van der Waals surface area contributed by atoms with Crippen LogP contribution >= 0.6 is 0 Å². The van der Waals surface area contributed by atoms with Crippen molar-refractivity contribution in [3.63, 3.8) is 0 Å². The Morgan fingerprint density at radius 3 is 2.67 bits per heavy atom. The Bertz CT molecular complexity index is 773. The maximum absolute atomic E-state index is 12.1. The molecule has 3 aliphatic rings. The smallest absolute Gasteiger partial charge is 0.407 e. The number of amides is 1. The van der Waals surface area contributed by atoms with Crippen molar-refractivity contribution in [3.8, 4) is 6.07 Å². The van der Waals surface area contributed by atoms with Crippen LogP contribution in [0.3, 0.4) is 0 Å². The molecule has 3 fully saturated rings. The van der Waals surface area contributed by atoms with Crippen LogP contribution in [-0.2, 0) is 28.6 Å². The van der Waals surface area contributed by atoms with E-state index in [1.165, 1.54) is 0 Å². The van der Waals surface area contributed by atoms with Gasteiger partial charge in [0.15, 0.2) is 0 Å². The summed E-state index contributed by atoms with van der Waals surface area (Å²) in [4.78, 5) is 23.9. The van der Waals surface area contributed by atoms with Gasteiger partial charge in [-0.05, 0) is 26.7 Å². The second-order valence-corrected chi connectivity index (χ2v) is 9.63. The third kappa shape index (κ3) is 3.38. The van der Waals surface area contributed by atoms with Crippen molar-refractivity contribution >= 4 is 22.2 Å². The van der Waals surface area contributed by atoms with E-state index >= 15 is 0 Å². The largest absolute Gasteiger partial charge is 0.463 e. The SMILES string of the molecule is CCC(C)(C)C(=O)OCCNC(=O)OC1C2CC3C1OS(=O)(=O)C3C2C#N. The van der Waals surface area contributed by atoms with Gasteiger partial charge < -0.3 is 14.8 Å². The lowest BCUT2D eigenvalue weighted by Gasteiger charge is -2.27. The number of rotatable bonds is 6. The summed E-state index contributed by atoms with van der Waals surface area (Å²) in [6.45, 7) is 5.52. The third-order valence-electron chi connectivity index (χ3n) is 5.96. The zero-order chi connectivity index (χ0) is 20.0. The molecule has 10 heteroatoms. The van der Waals surface area contributed by atoms with E-state index in [0.29, 0.717) is 12.8 Å². The van der Waals surface area contributed by atoms with Crippen molar-refractivity contribution < 1.29 is 31.7 Å². The molecule has 0 spiro atoms. The molecule has 27 heavy (non-hydrogen) atoms. The Hall–Kier alpha value is -1.86. The molecule has 0 aromatic heterocycles. The molecule has 0 aromatic carbocycles. The first-order chi connectivity index (χ1) is 12.6. The number of alkyl carbamates (subject to hydrolysis) is 1. The summed E-state index contributed by atoms with van der Waals surface area (Å²) in [5, 5.41) is 11.0. The number of hydrogen-bond donors (Lipinski definition) is 1. The molecule has 1 saturated heterocycles. The first-order valence-corrected chi connectivity index (χ1v) is 10.5. The van der Waals surface area contributed by atoms with Gasteiger partial charge in [0, 0.05) is 11.8 Å². The van der Waals surface area contributed by atoms with Crippen molar-refractivity contribution in [1.82, 2.24) is 5.32 Å². The standard InChI is InChI=1S/C17H24N2O7S/c1-4-17(2,3)15(20)24-6-5-19-16(21)25-12-9-7-10-13(12)26-27(22,23)14(10)11(9)8-18/h9-14H,4-7H2,1-3H3,(H,19,21). The molecule has 1 heterocycles. The molecule has 1 N–H and O–H groups in total. The summed E-state index contributed by atoms with van der Waals surface area (Å²) >= 11 is 0. The molecule has 0 radical (unpaired) electrons. The molecule has 9 nitrogen and oxygen atoms in total. The summed E-state index contributed by atoms with van der Waals surface area (Å²) < 4.78 is 39.8. The Morgan fingerprint density at radius 1 is 1.33 bits per heavy atom. The predicted octanol–water partition coefficient (Wildman–Crippen LogP) is 0.947. The number of nitriles is 1. The number of carbonyl (C=O) groups is 2. The molecular formula is C17H24N2O7S. The van der Waals surface area contributed by atoms with E-state index in [2.05, 4.69) is 5.32 Å². The maximum Gasteiger partial charge on any atom is 0.407 e. The Kier molecular flexibility index (Phi) is 5.12. The number of fused-ring (bicyclic) bond motifs is 1. The average Bonchev–Trinajstić information content (AvgIpc) is 3.20. The van der Waals surface area contributed by atoms with Crippen molar-refractivity contribution in [2.45, 2.75) is 51.1 Å². The van der Waals surface area contributed by atoms with Crippen molar-refractivity contribution in [2.75, 3.05) is 13.2 Å². The number of nitrogens with zero attached hydrogens (tertiary/aromatic N) is 1. The highest BCUT2D eigenvalue weighted by Crippen LogP contribution is 2.58. The quantitative estimate of drug-likeness (QED) is 0.396. The summed E-state index contributed by atoms with van der Waals surface area (Å²) in [7, 11) is -3.80. The number of nitrogens with one attached hydrogen (secondary N) is 1. The van der Waals surface area contributed by atoms with Gasteiger partial charge in [-0.1, -0.05) is 6.92 Å². The monoisotopic (exact) mass is 400 g/mol. The van der Waals surface area contributed by atoms with Gasteiger partial charge in [0.05, 0.1) is 23.9 Å². The van der Waals surface area contributed by atoms with E-state index in [-0.39, 0.29) is 31.0 Å². The third-order valence-corrected chi connectivity index (χ3v) is 7.76. The summed E-state index contributed by atoms with van der Waals surface area (Å²) in [6.07, 6.45) is -1.11. The molecule has 2 saturated carbocycles. The fourth-order valence-corrected chi connectivity index (χ4v) is 6.12. The first kappa shape index (κ1) is 19.9. The van der Waals surface area contributed by atoms with E-state index in [9.17, 15) is 23.3 Å². The molecule has 2 bridgehead atoms. The van der Waals surface area contributed by atoms with E-state index in [1.54, 1.807) is 13.8 Å². The average molecular weight is 400 g/mol. The highest BCUT2D eigenvalue weighted by Gasteiger charge is 2.70. The minimum Gasteiger partial charge on any atom is -0.463 e. The lowest BCUT2D eigenvalue weighted by atomic mass is 9.85. The Labute approximate surface area is 158 Å². The highest BCUT2D eigenvalue weighted by molar-refractivity contribution is 7.87. The molecule has 0 aromatic rings. The van der Waals surface area contributed by atoms with Crippen molar-refractivity contribution in [2.24, 2.45) is 23.2 Å². The van der Waals surface area contributed by atoms with Gasteiger partial charge in [0.2, 0.25) is 0 Å². The van der Waals surface area contributed by atoms with Gasteiger partial charge in [0.25, 0.3) is 10.1 Å². The zero-order valence-electron chi connectivity index (χ0n) is 15.5. The van der Waals surface area contributed by atoms with Crippen LogP contribution in [0.5, 0.6) is 0 Å². The first-order valence-electron chi connectivity index (χ1n) is 9.06. The van der Waals surface area contributed by atoms with Gasteiger partial charge in [0.1, 0.15) is 24.1 Å². The second-order valence-electron chi connectivity index (χ2n) is 7.91. The minimum atomic E-state index is -3.80. The molecular weight excluding hydrogens is 376 g/mol. The molecule has 2 aliphatic carbocycles. The second kappa shape index (κ2) is 6.95. The van der Waals surface area contributed by atoms with Gasteiger partial charge in [-0.3, -0.25) is 8.98 Å². The van der Waals surface area contributed by atoms with E-state index < -0.39 is 45.0 Å². The van der Waals surface area contributed by atoms with Crippen molar-refractivity contribution in [1.29, 1.82) is 5.26 Å². The van der Waals surface area contributed by atoms with Crippen LogP contribution in [0, 0.1) is 34.5 Å². The number of carbonyl (C=O) groups excluding carboxylic acids is 2. The number of ether oxygens (including phenoxy) is 2. The van der Waals surface area contributed by atoms with Gasteiger partial charge in [-0.25, -0.2) is 4.79 Å².